The third-order valence-corrected chi connectivity index (χ3v) is 5.95. The number of hydrogen-bond acceptors (Lipinski definition) is 3. The van der Waals surface area contributed by atoms with Gasteiger partial charge in [-0.2, -0.15) is 0 Å². The second-order valence-electron chi connectivity index (χ2n) is 8.14. The Morgan fingerprint density at radius 1 is 1.03 bits per heavy atom. The van der Waals surface area contributed by atoms with Crippen LogP contribution in [-0.2, 0) is 9.53 Å². The van der Waals surface area contributed by atoms with Crippen LogP contribution in [-0.4, -0.2) is 29.8 Å². The molecule has 2 aromatic carbocycles. The maximum atomic E-state index is 12.4. The minimum atomic E-state index is -0.902. The number of alkyl carbamates (subject to hydrolysis) is 1. The Morgan fingerprint density at radius 3 is 2.24 bits per heavy atom. The fourth-order valence-corrected chi connectivity index (χ4v) is 4.30. The fourth-order valence-electron chi connectivity index (χ4n) is 4.30. The predicted octanol–water partition coefficient (Wildman–Crippen LogP) is 4.95. The number of ether oxygens (including phenoxy) is 1. The van der Waals surface area contributed by atoms with Gasteiger partial charge in [0.1, 0.15) is 6.61 Å². The van der Waals surface area contributed by atoms with Crippen molar-refractivity contribution in [3.8, 4) is 11.1 Å². The van der Waals surface area contributed by atoms with Gasteiger partial charge in [0.15, 0.2) is 0 Å². The molecule has 0 saturated heterocycles. The van der Waals surface area contributed by atoms with E-state index in [-0.39, 0.29) is 25.0 Å². The van der Waals surface area contributed by atoms with Gasteiger partial charge in [-0.15, -0.1) is 0 Å². The highest BCUT2D eigenvalue weighted by molar-refractivity contribution is 5.79. The highest BCUT2D eigenvalue weighted by atomic mass is 16.5. The second-order valence-corrected chi connectivity index (χ2v) is 8.14. The molecule has 0 bridgehead atoms. The van der Waals surface area contributed by atoms with E-state index in [0.717, 1.165) is 29.9 Å². The quantitative estimate of drug-likeness (QED) is 0.632. The second kappa shape index (κ2) is 8.68. The Hall–Kier alpha value is -2.82. The van der Waals surface area contributed by atoms with Crippen molar-refractivity contribution < 1.29 is 19.4 Å². The van der Waals surface area contributed by atoms with Crippen LogP contribution in [0.25, 0.3) is 11.1 Å². The Labute approximate surface area is 171 Å². The van der Waals surface area contributed by atoms with Crippen molar-refractivity contribution in [1.29, 1.82) is 0 Å². The van der Waals surface area contributed by atoms with Gasteiger partial charge in [0.2, 0.25) is 0 Å². The van der Waals surface area contributed by atoms with Crippen LogP contribution < -0.4 is 5.32 Å². The Kier molecular flexibility index (Phi) is 5.84. The molecule has 5 heteroatoms. The molecule has 2 aliphatic rings. The summed E-state index contributed by atoms with van der Waals surface area (Å²) in [7, 11) is 0. The van der Waals surface area contributed by atoms with Crippen LogP contribution in [0.5, 0.6) is 0 Å². The molecular formula is C24H27NO4. The van der Waals surface area contributed by atoms with Gasteiger partial charge in [0.05, 0.1) is 6.42 Å². The number of carbonyl (C=O) groups excluding carboxylic acids is 1. The zero-order valence-corrected chi connectivity index (χ0v) is 16.5. The molecule has 0 aliphatic heterocycles. The number of amides is 1. The Morgan fingerprint density at radius 2 is 1.66 bits per heavy atom. The first-order valence-electron chi connectivity index (χ1n) is 10.4. The number of hydrogen-bond donors (Lipinski definition) is 2. The van der Waals surface area contributed by atoms with Crippen LogP contribution >= 0.6 is 0 Å². The monoisotopic (exact) mass is 393 g/mol. The topological polar surface area (TPSA) is 75.6 Å². The van der Waals surface area contributed by atoms with Crippen molar-refractivity contribution in [2.24, 2.45) is 5.92 Å². The number of carboxylic acid groups (broad SMARTS) is 1. The molecule has 4 rings (SSSR count). The lowest BCUT2D eigenvalue weighted by Gasteiger charge is -2.19. The van der Waals surface area contributed by atoms with E-state index in [9.17, 15) is 9.59 Å². The predicted molar refractivity (Wildman–Crippen MR) is 111 cm³/mol. The van der Waals surface area contributed by atoms with Crippen LogP contribution in [0.3, 0.4) is 0 Å². The molecule has 0 heterocycles. The normalized spacial score (nSPS) is 16.0. The summed E-state index contributed by atoms with van der Waals surface area (Å²) in [5.74, 6) is -0.101. The summed E-state index contributed by atoms with van der Waals surface area (Å²) in [6, 6.07) is 16.0. The van der Waals surface area contributed by atoms with Gasteiger partial charge in [0, 0.05) is 12.0 Å². The van der Waals surface area contributed by atoms with Crippen molar-refractivity contribution in [2.75, 3.05) is 6.61 Å². The number of aliphatic carboxylic acids is 1. The van der Waals surface area contributed by atoms with Crippen molar-refractivity contribution in [1.82, 2.24) is 5.32 Å². The van der Waals surface area contributed by atoms with Crippen molar-refractivity contribution in [2.45, 2.75) is 50.5 Å². The molecule has 29 heavy (non-hydrogen) atoms. The van der Waals surface area contributed by atoms with Gasteiger partial charge >= 0.3 is 12.1 Å². The van der Waals surface area contributed by atoms with E-state index in [1.807, 2.05) is 24.3 Å². The molecule has 2 aromatic rings. The SMILES string of the molecule is O=C(O)CC(CCCC1CC1)NC(=O)OCC1c2ccccc2-c2ccccc21. The number of carbonyl (C=O) groups is 2. The molecule has 1 atom stereocenters. The molecule has 1 unspecified atom stereocenters. The zero-order chi connectivity index (χ0) is 20.2. The van der Waals surface area contributed by atoms with Crippen LogP contribution in [0.2, 0.25) is 0 Å². The molecule has 152 valence electrons. The van der Waals surface area contributed by atoms with Crippen molar-refractivity contribution >= 4 is 12.1 Å². The Bertz CT molecular complexity index is 844. The fraction of sp³-hybridized carbons (Fsp3) is 0.417. The summed E-state index contributed by atoms with van der Waals surface area (Å²) in [5, 5.41) is 11.9. The van der Waals surface area contributed by atoms with E-state index in [1.165, 1.54) is 24.0 Å². The van der Waals surface area contributed by atoms with Gasteiger partial charge in [-0.3, -0.25) is 4.79 Å². The highest BCUT2D eigenvalue weighted by Crippen LogP contribution is 2.44. The van der Waals surface area contributed by atoms with Gasteiger partial charge in [-0.1, -0.05) is 74.2 Å². The summed E-state index contributed by atoms with van der Waals surface area (Å²) in [4.78, 5) is 23.5. The molecule has 1 fully saturated rings. The first kappa shape index (κ1) is 19.5. The lowest BCUT2D eigenvalue weighted by Crippen LogP contribution is -2.37. The van der Waals surface area contributed by atoms with E-state index >= 15 is 0 Å². The van der Waals surface area contributed by atoms with Crippen LogP contribution in [0.1, 0.15) is 55.6 Å². The number of nitrogens with one attached hydrogen (secondary N) is 1. The van der Waals surface area contributed by atoms with Gasteiger partial charge in [0.25, 0.3) is 0 Å². The van der Waals surface area contributed by atoms with E-state index in [0.29, 0.717) is 6.42 Å². The van der Waals surface area contributed by atoms with Gasteiger partial charge in [-0.25, -0.2) is 4.79 Å². The van der Waals surface area contributed by atoms with E-state index in [2.05, 4.69) is 29.6 Å². The van der Waals surface area contributed by atoms with E-state index < -0.39 is 12.1 Å². The molecule has 5 nitrogen and oxygen atoms in total. The molecule has 0 aromatic heterocycles. The van der Waals surface area contributed by atoms with Crippen LogP contribution in [0.15, 0.2) is 48.5 Å². The van der Waals surface area contributed by atoms with Crippen molar-refractivity contribution in [3.05, 3.63) is 59.7 Å². The van der Waals surface area contributed by atoms with Gasteiger partial charge < -0.3 is 15.2 Å². The number of benzene rings is 2. The molecular weight excluding hydrogens is 366 g/mol. The molecule has 1 amide bonds. The summed E-state index contributed by atoms with van der Waals surface area (Å²) in [6.07, 6.45) is 4.67. The number of fused-ring (bicyclic) bond motifs is 3. The molecule has 0 spiro atoms. The average Bonchev–Trinajstić information content (AvgIpc) is 3.47. The third kappa shape index (κ3) is 4.78. The first-order valence-corrected chi connectivity index (χ1v) is 10.4. The Balaban J connectivity index is 1.36. The smallest absolute Gasteiger partial charge is 0.407 e. The highest BCUT2D eigenvalue weighted by Gasteiger charge is 2.29. The first-order chi connectivity index (χ1) is 14.1. The summed E-state index contributed by atoms with van der Waals surface area (Å²) < 4.78 is 5.55. The maximum absolute atomic E-state index is 12.4. The maximum Gasteiger partial charge on any atom is 0.407 e. The molecule has 2 aliphatic carbocycles. The molecule has 1 saturated carbocycles. The van der Waals surface area contributed by atoms with E-state index in [1.54, 1.807) is 0 Å². The lowest BCUT2D eigenvalue weighted by molar-refractivity contribution is -0.137. The summed E-state index contributed by atoms with van der Waals surface area (Å²) >= 11 is 0. The molecule has 0 radical (unpaired) electrons. The lowest BCUT2D eigenvalue weighted by atomic mass is 9.98. The van der Waals surface area contributed by atoms with Crippen LogP contribution in [0, 0.1) is 5.92 Å². The largest absolute Gasteiger partial charge is 0.481 e. The minimum Gasteiger partial charge on any atom is -0.481 e. The minimum absolute atomic E-state index is 0.000871. The summed E-state index contributed by atoms with van der Waals surface area (Å²) in [5.41, 5.74) is 4.68. The van der Waals surface area contributed by atoms with Crippen LogP contribution in [0.4, 0.5) is 4.79 Å². The van der Waals surface area contributed by atoms with Gasteiger partial charge in [-0.05, 0) is 34.6 Å². The number of rotatable bonds is 9. The zero-order valence-electron chi connectivity index (χ0n) is 16.5. The number of carboxylic acids is 1. The summed E-state index contributed by atoms with van der Waals surface area (Å²) in [6.45, 7) is 0.238. The third-order valence-electron chi connectivity index (χ3n) is 5.95. The average molecular weight is 393 g/mol. The molecule has 2 N–H and O–H groups in total. The van der Waals surface area contributed by atoms with Crippen molar-refractivity contribution in [3.63, 3.8) is 0 Å². The van der Waals surface area contributed by atoms with E-state index in [4.69, 9.17) is 9.84 Å². The standard InChI is InChI=1S/C24H27NO4/c26-23(27)14-17(7-5-6-16-12-13-16)25-24(28)29-15-22-20-10-3-1-8-18(20)19-9-2-4-11-21(19)22/h1-4,8-11,16-17,22H,5-7,12-15H2,(H,25,28)(H,26,27).